The molecule has 2 unspecified atom stereocenters. The third-order valence-corrected chi connectivity index (χ3v) is 7.98. The minimum absolute atomic E-state index is 0.0612. The van der Waals surface area contributed by atoms with Gasteiger partial charge in [0.05, 0.1) is 25.4 Å². The summed E-state index contributed by atoms with van der Waals surface area (Å²) in [5.74, 6) is -2.14. The van der Waals surface area contributed by atoms with Gasteiger partial charge in [-0.05, 0) is 62.8 Å². The highest BCUT2D eigenvalue weighted by atomic mass is 19.4. The summed E-state index contributed by atoms with van der Waals surface area (Å²) in [4.78, 5) is 13.5. The first-order valence-electron chi connectivity index (χ1n) is 13.4. The molecule has 0 radical (unpaired) electrons. The van der Waals surface area contributed by atoms with Crippen molar-refractivity contribution < 1.29 is 45.5 Å². The first-order chi connectivity index (χ1) is 19.6. The number of methoxy groups -OCH3 is 1. The second kappa shape index (κ2) is 10.6. The highest BCUT2D eigenvalue weighted by Gasteiger charge is 2.44. The smallest absolute Gasteiger partial charge is 0.465 e. The first-order valence-corrected chi connectivity index (χ1v) is 13.4. The number of fused-ring (bicyclic) bond motifs is 2. The molecule has 0 spiro atoms. The van der Waals surface area contributed by atoms with Crippen LogP contribution in [0.5, 0.6) is 5.75 Å². The van der Waals surface area contributed by atoms with E-state index < -0.39 is 24.0 Å². The summed E-state index contributed by atoms with van der Waals surface area (Å²) in [5.41, 5.74) is 0.602. The SMILES string of the molecule is COC(=O)c1cc(F)c(N2C3CC[C@H]2CC(OCc2c(-c4ccccc4OC(F)(F)F)noc2C2CC2)C3)c(F)c1. The summed E-state index contributed by atoms with van der Waals surface area (Å²) in [6.45, 7) is 0.0612. The summed E-state index contributed by atoms with van der Waals surface area (Å²) < 4.78 is 90.0. The highest BCUT2D eigenvalue weighted by molar-refractivity contribution is 5.90. The molecular formula is C29H27F5N2O5. The maximum atomic E-state index is 15.0. The van der Waals surface area contributed by atoms with Gasteiger partial charge in [-0.25, -0.2) is 13.6 Å². The number of ether oxygens (including phenoxy) is 3. The van der Waals surface area contributed by atoms with Gasteiger partial charge in [0, 0.05) is 29.1 Å². The Morgan fingerprint density at radius 2 is 1.71 bits per heavy atom. The number of hydrogen-bond donors (Lipinski definition) is 0. The van der Waals surface area contributed by atoms with Crippen LogP contribution in [0.1, 0.15) is 66.1 Å². The van der Waals surface area contributed by atoms with Gasteiger partial charge in [0.2, 0.25) is 0 Å². The molecule has 0 amide bonds. The summed E-state index contributed by atoms with van der Waals surface area (Å²) >= 11 is 0. The van der Waals surface area contributed by atoms with Gasteiger partial charge in [-0.15, -0.1) is 13.2 Å². The van der Waals surface area contributed by atoms with E-state index in [1.807, 2.05) is 0 Å². The Kier molecular flexibility index (Phi) is 7.13. The molecule has 2 saturated heterocycles. The van der Waals surface area contributed by atoms with E-state index in [4.69, 9.17) is 9.26 Å². The van der Waals surface area contributed by atoms with Crippen molar-refractivity contribution in [2.24, 2.45) is 0 Å². The second-order valence-electron chi connectivity index (χ2n) is 10.7. The van der Waals surface area contributed by atoms with Crippen molar-refractivity contribution >= 4 is 11.7 Å². The third-order valence-electron chi connectivity index (χ3n) is 7.98. The molecule has 3 aromatic rings. The zero-order valence-electron chi connectivity index (χ0n) is 22.0. The Balaban J connectivity index is 1.21. The number of aromatic nitrogens is 1. The van der Waals surface area contributed by atoms with Crippen molar-refractivity contribution in [2.75, 3.05) is 12.0 Å². The molecular weight excluding hydrogens is 551 g/mol. The van der Waals surface area contributed by atoms with E-state index in [2.05, 4.69) is 14.6 Å². The number of halogens is 5. The molecule has 7 nitrogen and oxygen atoms in total. The van der Waals surface area contributed by atoms with Crippen LogP contribution in [0.15, 0.2) is 40.9 Å². The standard InChI is InChI=1S/C29H27F5N2O5/c1-38-28(37)16-10-22(30)26(23(31)11-16)36-17-8-9-18(36)13-19(12-17)39-14-21-25(35-41-27(21)15-6-7-15)20-4-2-3-5-24(20)40-29(32,33)34/h2-5,10-11,15,17-19H,6-9,12-14H2,1H3/t17-,18?,19?/m0/s1. The van der Waals surface area contributed by atoms with Crippen LogP contribution in [0.4, 0.5) is 27.6 Å². The van der Waals surface area contributed by atoms with Crippen LogP contribution >= 0.6 is 0 Å². The number of anilines is 1. The van der Waals surface area contributed by atoms with Gasteiger partial charge in [0.25, 0.3) is 0 Å². The molecule has 3 heterocycles. The van der Waals surface area contributed by atoms with Crippen molar-refractivity contribution in [1.29, 1.82) is 0 Å². The molecule has 0 N–H and O–H groups in total. The van der Waals surface area contributed by atoms with Gasteiger partial charge in [-0.1, -0.05) is 17.3 Å². The molecule has 2 aliphatic heterocycles. The summed E-state index contributed by atoms with van der Waals surface area (Å²) in [6.07, 6.45) is -0.912. The number of benzene rings is 2. The zero-order chi connectivity index (χ0) is 28.9. The number of carbonyl (C=O) groups is 1. The molecule has 41 heavy (non-hydrogen) atoms. The van der Waals surface area contributed by atoms with Gasteiger partial charge >= 0.3 is 12.3 Å². The molecule has 2 aromatic carbocycles. The Hall–Kier alpha value is -3.67. The molecule has 1 aromatic heterocycles. The molecule has 1 saturated carbocycles. The Morgan fingerprint density at radius 1 is 1.05 bits per heavy atom. The summed E-state index contributed by atoms with van der Waals surface area (Å²) in [6, 6.07) is 7.36. The molecule has 3 fully saturated rings. The van der Waals surface area contributed by atoms with E-state index in [9.17, 15) is 18.0 Å². The third kappa shape index (κ3) is 5.49. The van der Waals surface area contributed by atoms with E-state index in [0.717, 1.165) is 44.9 Å². The normalized spacial score (nSPS) is 22.2. The molecule has 1 aliphatic carbocycles. The van der Waals surface area contributed by atoms with Gasteiger partial charge in [0.1, 0.15) is 34.5 Å². The van der Waals surface area contributed by atoms with Crippen molar-refractivity contribution in [3.63, 3.8) is 0 Å². The second-order valence-corrected chi connectivity index (χ2v) is 10.7. The number of alkyl halides is 3. The molecule has 12 heteroatoms. The van der Waals surface area contributed by atoms with Crippen LogP contribution in [-0.4, -0.2) is 42.8 Å². The van der Waals surface area contributed by atoms with E-state index in [1.165, 1.54) is 18.2 Å². The lowest BCUT2D eigenvalue weighted by Crippen LogP contribution is -2.46. The summed E-state index contributed by atoms with van der Waals surface area (Å²) in [7, 11) is 1.14. The van der Waals surface area contributed by atoms with Crippen molar-refractivity contribution in [3.05, 3.63) is 64.9 Å². The van der Waals surface area contributed by atoms with Crippen molar-refractivity contribution in [2.45, 2.75) is 75.6 Å². The van der Waals surface area contributed by atoms with Crippen LogP contribution in [0.25, 0.3) is 11.3 Å². The van der Waals surface area contributed by atoms with E-state index in [-0.39, 0.29) is 59.0 Å². The van der Waals surface area contributed by atoms with Gasteiger partial charge in [-0.2, -0.15) is 0 Å². The lowest BCUT2D eigenvalue weighted by Gasteiger charge is -2.40. The Bertz CT molecular complexity index is 1420. The van der Waals surface area contributed by atoms with Crippen LogP contribution in [-0.2, 0) is 16.1 Å². The molecule has 3 atom stereocenters. The van der Waals surface area contributed by atoms with E-state index in [0.29, 0.717) is 24.2 Å². The first kappa shape index (κ1) is 27.5. The van der Waals surface area contributed by atoms with Crippen LogP contribution in [0, 0.1) is 11.6 Å². The summed E-state index contributed by atoms with van der Waals surface area (Å²) in [5, 5.41) is 4.11. The lowest BCUT2D eigenvalue weighted by atomic mass is 9.97. The van der Waals surface area contributed by atoms with E-state index in [1.54, 1.807) is 11.0 Å². The number of para-hydroxylation sites is 1. The topological polar surface area (TPSA) is 74.0 Å². The van der Waals surface area contributed by atoms with Crippen molar-refractivity contribution in [1.82, 2.24) is 5.16 Å². The number of hydrogen-bond acceptors (Lipinski definition) is 7. The molecule has 6 rings (SSSR count). The largest absolute Gasteiger partial charge is 0.573 e. The average molecular weight is 579 g/mol. The molecule has 218 valence electrons. The monoisotopic (exact) mass is 578 g/mol. The molecule has 2 bridgehead atoms. The maximum absolute atomic E-state index is 15.0. The zero-order valence-corrected chi connectivity index (χ0v) is 22.0. The number of carbonyl (C=O) groups excluding carboxylic acids is 1. The average Bonchev–Trinajstić information content (AvgIpc) is 3.63. The van der Waals surface area contributed by atoms with Crippen LogP contribution in [0.2, 0.25) is 0 Å². The fourth-order valence-corrected chi connectivity index (χ4v) is 6.09. The highest BCUT2D eigenvalue weighted by Crippen LogP contribution is 2.47. The number of rotatable bonds is 8. The predicted octanol–water partition coefficient (Wildman–Crippen LogP) is 6.90. The minimum atomic E-state index is -4.87. The van der Waals surface area contributed by atoms with E-state index >= 15 is 8.78 Å². The van der Waals surface area contributed by atoms with Gasteiger partial charge in [0.15, 0.2) is 0 Å². The quantitative estimate of drug-likeness (QED) is 0.213. The number of esters is 1. The predicted molar refractivity (Wildman–Crippen MR) is 135 cm³/mol. The van der Waals surface area contributed by atoms with Gasteiger partial charge in [-0.3, -0.25) is 0 Å². The van der Waals surface area contributed by atoms with Crippen molar-refractivity contribution in [3.8, 4) is 17.0 Å². The fourth-order valence-electron chi connectivity index (χ4n) is 6.09. The lowest BCUT2D eigenvalue weighted by molar-refractivity contribution is -0.274. The minimum Gasteiger partial charge on any atom is -0.465 e. The van der Waals surface area contributed by atoms with Crippen LogP contribution in [0.3, 0.4) is 0 Å². The molecule has 3 aliphatic rings. The van der Waals surface area contributed by atoms with Gasteiger partial charge < -0.3 is 23.6 Å². The number of piperidine rings is 1. The Labute approximate surface area is 232 Å². The number of nitrogens with zero attached hydrogens (tertiary/aromatic N) is 2. The fraction of sp³-hybridized carbons (Fsp3) is 0.448. The maximum Gasteiger partial charge on any atom is 0.573 e. The van der Waals surface area contributed by atoms with Crippen LogP contribution < -0.4 is 9.64 Å². The Morgan fingerprint density at radius 3 is 2.32 bits per heavy atom.